The number of nitrogens with one attached hydrogen (secondary N) is 2. The Kier molecular flexibility index (Phi) is 6.94. The Balaban J connectivity index is 1.65. The van der Waals surface area contributed by atoms with Crippen molar-refractivity contribution < 1.29 is 32.3 Å². The Morgan fingerprint density at radius 1 is 1.08 bits per heavy atom. The SMILES string of the molecule is CCOc1ccc(N(C)S(=O)(=O)c2cc(Cl)sc2C(=O)Nc2ccc3c(c2)C(=O)NC3=O)cc1OC. The zero-order valence-electron chi connectivity index (χ0n) is 19.2. The Morgan fingerprint density at radius 3 is 2.50 bits per heavy atom. The fourth-order valence-corrected chi connectivity index (χ4v) is 6.42. The summed E-state index contributed by atoms with van der Waals surface area (Å²) in [5, 5.41) is 4.74. The van der Waals surface area contributed by atoms with Gasteiger partial charge in [0.1, 0.15) is 9.77 Å². The van der Waals surface area contributed by atoms with Gasteiger partial charge in [0.05, 0.1) is 34.9 Å². The van der Waals surface area contributed by atoms with Crippen LogP contribution in [0, 0.1) is 0 Å². The van der Waals surface area contributed by atoms with Crippen LogP contribution in [0.15, 0.2) is 47.4 Å². The minimum Gasteiger partial charge on any atom is -0.493 e. The molecule has 3 aromatic rings. The lowest BCUT2D eigenvalue weighted by molar-refractivity contribution is 0.0878. The van der Waals surface area contributed by atoms with E-state index in [-0.39, 0.29) is 36.6 Å². The van der Waals surface area contributed by atoms with E-state index in [4.69, 9.17) is 21.1 Å². The van der Waals surface area contributed by atoms with Crippen molar-refractivity contribution >= 4 is 62.1 Å². The molecule has 0 atom stereocenters. The van der Waals surface area contributed by atoms with Crippen LogP contribution in [0.25, 0.3) is 0 Å². The number of fused-ring (bicyclic) bond motifs is 1. The Hall–Kier alpha value is -3.61. The molecule has 3 amide bonds. The average Bonchev–Trinajstić information content (AvgIpc) is 3.38. The number of rotatable bonds is 8. The second-order valence-corrected chi connectivity index (χ2v) is 11.1. The summed E-state index contributed by atoms with van der Waals surface area (Å²) in [7, 11) is -1.44. The molecule has 0 aliphatic carbocycles. The third-order valence-corrected chi connectivity index (χ3v) is 8.52. The van der Waals surface area contributed by atoms with Crippen LogP contribution in [0.5, 0.6) is 11.5 Å². The van der Waals surface area contributed by atoms with E-state index >= 15 is 0 Å². The highest BCUT2D eigenvalue weighted by atomic mass is 35.5. The molecule has 1 aromatic heterocycles. The molecule has 0 spiro atoms. The van der Waals surface area contributed by atoms with Crippen molar-refractivity contribution in [2.24, 2.45) is 0 Å². The van der Waals surface area contributed by atoms with Crippen LogP contribution in [-0.4, -0.2) is 46.9 Å². The normalized spacial score (nSPS) is 12.7. The largest absolute Gasteiger partial charge is 0.493 e. The fourth-order valence-electron chi connectivity index (χ4n) is 3.54. The minimum absolute atomic E-state index is 0.0929. The number of carbonyl (C=O) groups is 3. The number of imide groups is 1. The molecule has 0 bridgehead atoms. The zero-order valence-corrected chi connectivity index (χ0v) is 21.6. The molecular formula is C23H20ClN3O7S2. The lowest BCUT2D eigenvalue weighted by Crippen LogP contribution is -2.28. The maximum atomic E-state index is 13.5. The Morgan fingerprint density at radius 2 is 1.81 bits per heavy atom. The molecule has 2 N–H and O–H groups in total. The van der Waals surface area contributed by atoms with Gasteiger partial charge in [0.15, 0.2) is 11.5 Å². The van der Waals surface area contributed by atoms with Gasteiger partial charge in [-0.25, -0.2) is 8.42 Å². The highest BCUT2D eigenvalue weighted by molar-refractivity contribution is 7.93. The summed E-state index contributed by atoms with van der Waals surface area (Å²) in [6, 6.07) is 10.0. The number of sulfonamides is 1. The molecule has 13 heteroatoms. The number of benzene rings is 2. The number of carbonyl (C=O) groups excluding carboxylic acids is 3. The first-order valence-corrected chi connectivity index (χ1v) is 13.1. The number of halogens is 1. The smallest absolute Gasteiger partial charge is 0.267 e. The van der Waals surface area contributed by atoms with Crippen molar-refractivity contribution in [3.05, 3.63) is 62.8 Å². The van der Waals surface area contributed by atoms with E-state index in [1.165, 1.54) is 44.5 Å². The molecule has 0 saturated carbocycles. The molecule has 4 rings (SSSR count). The van der Waals surface area contributed by atoms with Gasteiger partial charge in [-0.15, -0.1) is 11.3 Å². The van der Waals surface area contributed by atoms with Gasteiger partial charge in [-0.2, -0.15) is 0 Å². The minimum atomic E-state index is -4.22. The number of hydrogen-bond donors (Lipinski definition) is 2. The molecule has 0 fully saturated rings. The fraction of sp³-hybridized carbons (Fsp3) is 0.174. The van der Waals surface area contributed by atoms with E-state index < -0.39 is 27.7 Å². The predicted molar refractivity (Wildman–Crippen MR) is 135 cm³/mol. The van der Waals surface area contributed by atoms with Crippen LogP contribution in [0.3, 0.4) is 0 Å². The molecule has 36 heavy (non-hydrogen) atoms. The molecule has 10 nitrogen and oxygen atoms in total. The Bertz CT molecular complexity index is 1500. The monoisotopic (exact) mass is 549 g/mol. The summed E-state index contributed by atoms with van der Waals surface area (Å²) in [4.78, 5) is 36.3. The van der Waals surface area contributed by atoms with Gasteiger partial charge < -0.3 is 14.8 Å². The first kappa shape index (κ1) is 25.5. The number of amides is 3. The summed E-state index contributed by atoms with van der Waals surface area (Å²) in [6.45, 7) is 2.22. The molecule has 1 aliphatic rings. The van der Waals surface area contributed by atoms with Gasteiger partial charge >= 0.3 is 0 Å². The van der Waals surface area contributed by atoms with Crippen LogP contribution >= 0.6 is 22.9 Å². The summed E-state index contributed by atoms with van der Waals surface area (Å²) >= 11 is 6.91. The van der Waals surface area contributed by atoms with E-state index in [9.17, 15) is 22.8 Å². The summed E-state index contributed by atoms with van der Waals surface area (Å²) < 4.78 is 38.9. The maximum absolute atomic E-state index is 13.5. The zero-order chi connectivity index (χ0) is 26.2. The van der Waals surface area contributed by atoms with Crippen molar-refractivity contribution in [3.63, 3.8) is 0 Å². The molecule has 0 unspecified atom stereocenters. The third kappa shape index (κ3) is 4.62. The summed E-state index contributed by atoms with van der Waals surface area (Å²) in [5.41, 5.74) is 0.784. The predicted octanol–water partition coefficient (Wildman–Crippen LogP) is 3.77. The first-order chi connectivity index (χ1) is 17.1. The van der Waals surface area contributed by atoms with E-state index in [1.807, 2.05) is 6.92 Å². The maximum Gasteiger partial charge on any atom is 0.267 e. The van der Waals surface area contributed by atoms with Gasteiger partial charge in [-0.05, 0) is 43.3 Å². The number of nitrogens with zero attached hydrogens (tertiary/aromatic N) is 1. The second kappa shape index (κ2) is 9.80. The number of methoxy groups -OCH3 is 1. The number of thiophene rings is 1. The molecule has 0 saturated heterocycles. The highest BCUT2D eigenvalue weighted by Crippen LogP contribution is 2.37. The van der Waals surface area contributed by atoms with Crippen molar-refractivity contribution in [2.75, 3.05) is 30.4 Å². The molecule has 0 radical (unpaired) electrons. The van der Waals surface area contributed by atoms with E-state index in [1.54, 1.807) is 12.1 Å². The van der Waals surface area contributed by atoms with Gasteiger partial charge in [0.25, 0.3) is 27.7 Å². The standard InChI is InChI=1S/C23H20ClN3O7S2/c1-4-34-16-8-6-13(10-17(16)33-3)27(2)36(31,32)18-11-19(24)35-20(18)23(30)25-12-5-7-14-15(9-12)22(29)26-21(14)28/h5-11H,4H2,1-3H3,(H,25,30)(H,26,28,29). The van der Waals surface area contributed by atoms with Gasteiger partial charge in [-0.3, -0.25) is 24.0 Å². The molecule has 2 heterocycles. The summed E-state index contributed by atoms with van der Waals surface area (Å²) in [5.74, 6) is -1.05. The molecule has 188 valence electrons. The van der Waals surface area contributed by atoms with Crippen molar-refractivity contribution in [1.29, 1.82) is 0 Å². The molecule has 1 aliphatic heterocycles. The van der Waals surface area contributed by atoms with Crippen molar-refractivity contribution in [3.8, 4) is 11.5 Å². The van der Waals surface area contributed by atoms with Crippen molar-refractivity contribution in [1.82, 2.24) is 5.32 Å². The lowest BCUT2D eigenvalue weighted by Gasteiger charge is -2.21. The van der Waals surface area contributed by atoms with Gasteiger partial charge in [0.2, 0.25) is 0 Å². The quantitative estimate of drug-likeness (QED) is 0.409. The topological polar surface area (TPSA) is 131 Å². The second-order valence-electron chi connectivity index (χ2n) is 7.48. The van der Waals surface area contributed by atoms with Crippen LogP contribution in [0.1, 0.15) is 37.3 Å². The van der Waals surface area contributed by atoms with E-state index in [0.29, 0.717) is 18.1 Å². The summed E-state index contributed by atoms with van der Waals surface area (Å²) in [6.07, 6.45) is 0. The number of hydrogen-bond acceptors (Lipinski definition) is 8. The lowest BCUT2D eigenvalue weighted by atomic mass is 10.1. The van der Waals surface area contributed by atoms with Crippen LogP contribution in [0.2, 0.25) is 4.34 Å². The number of anilines is 2. The van der Waals surface area contributed by atoms with E-state index in [2.05, 4.69) is 10.6 Å². The first-order valence-electron chi connectivity index (χ1n) is 10.5. The van der Waals surface area contributed by atoms with E-state index in [0.717, 1.165) is 15.6 Å². The van der Waals surface area contributed by atoms with Crippen molar-refractivity contribution in [2.45, 2.75) is 11.8 Å². The van der Waals surface area contributed by atoms with Crippen LogP contribution < -0.4 is 24.4 Å². The molecule has 2 aromatic carbocycles. The number of ether oxygens (including phenoxy) is 2. The Labute approximate surface area is 215 Å². The van der Waals surface area contributed by atoms with Crippen LogP contribution in [0.4, 0.5) is 11.4 Å². The van der Waals surface area contributed by atoms with Gasteiger partial charge in [0, 0.05) is 18.8 Å². The average molecular weight is 550 g/mol. The van der Waals surface area contributed by atoms with Gasteiger partial charge in [-0.1, -0.05) is 11.6 Å². The molecular weight excluding hydrogens is 530 g/mol. The third-order valence-electron chi connectivity index (χ3n) is 5.32. The highest BCUT2D eigenvalue weighted by Gasteiger charge is 2.31. The van der Waals surface area contributed by atoms with Crippen LogP contribution in [-0.2, 0) is 10.0 Å².